The Labute approximate surface area is 133 Å². The fourth-order valence-corrected chi connectivity index (χ4v) is 3.44. The van der Waals surface area contributed by atoms with E-state index in [2.05, 4.69) is 6.92 Å². The Bertz CT molecular complexity index is 662. The summed E-state index contributed by atoms with van der Waals surface area (Å²) in [4.78, 5) is 28.9. The summed E-state index contributed by atoms with van der Waals surface area (Å²) in [5, 5.41) is 0. The van der Waals surface area contributed by atoms with Crippen LogP contribution >= 0.6 is 0 Å². The normalized spacial score (nSPS) is 20.9. The van der Waals surface area contributed by atoms with Gasteiger partial charge in [0.05, 0.1) is 5.92 Å². The van der Waals surface area contributed by atoms with Crippen LogP contribution < -0.4 is 0 Å². The summed E-state index contributed by atoms with van der Waals surface area (Å²) in [5.74, 6) is -0.224. The number of rotatable bonds is 1. The maximum absolute atomic E-state index is 12.8. The third kappa shape index (κ3) is 2.13. The van der Waals surface area contributed by atoms with E-state index in [-0.39, 0.29) is 23.8 Å². The average molecular weight is 302 g/mol. The molecular weight excluding hydrogens is 276 g/mol. The summed E-state index contributed by atoms with van der Waals surface area (Å²) < 4.78 is 0. The molecule has 0 bridgehead atoms. The molecule has 2 rings (SSSR count). The third-order valence-corrected chi connectivity index (χ3v) is 5.38. The maximum Gasteiger partial charge on any atom is 0.254 e. The average Bonchev–Trinajstić information content (AvgIpc) is 2.47. The van der Waals surface area contributed by atoms with Crippen LogP contribution in [0.25, 0.3) is 0 Å². The van der Waals surface area contributed by atoms with Crippen LogP contribution in [0.3, 0.4) is 0 Å². The molecule has 1 heterocycles. The predicted molar refractivity (Wildman–Crippen MR) is 88.4 cm³/mol. The second kappa shape index (κ2) is 5.41. The van der Waals surface area contributed by atoms with Crippen LogP contribution in [0.5, 0.6) is 0 Å². The third-order valence-electron chi connectivity index (χ3n) is 5.38. The monoisotopic (exact) mass is 302 g/mol. The van der Waals surface area contributed by atoms with Crippen molar-refractivity contribution in [1.29, 1.82) is 0 Å². The van der Waals surface area contributed by atoms with Crippen molar-refractivity contribution in [2.75, 3.05) is 21.1 Å². The van der Waals surface area contributed by atoms with Crippen LogP contribution in [0.1, 0.15) is 51.0 Å². The summed E-state index contributed by atoms with van der Waals surface area (Å²) >= 11 is 0. The van der Waals surface area contributed by atoms with Gasteiger partial charge in [-0.2, -0.15) is 0 Å². The van der Waals surface area contributed by atoms with Gasteiger partial charge in [-0.3, -0.25) is 9.59 Å². The number of hydrogen-bond donors (Lipinski definition) is 0. The zero-order valence-corrected chi connectivity index (χ0v) is 14.9. The van der Waals surface area contributed by atoms with Crippen molar-refractivity contribution in [2.45, 2.75) is 46.6 Å². The van der Waals surface area contributed by atoms with Crippen LogP contribution in [-0.4, -0.2) is 48.8 Å². The minimum Gasteiger partial charge on any atom is -0.348 e. The van der Waals surface area contributed by atoms with Gasteiger partial charge in [0.15, 0.2) is 0 Å². The zero-order valence-electron chi connectivity index (χ0n) is 14.9. The van der Waals surface area contributed by atoms with E-state index in [0.29, 0.717) is 0 Å². The minimum atomic E-state index is -0.300. The van der Waals surface area contributed by atoms with Crippen molar-refractivity contribution in [1.82, 2.24) is 9.80 Å². The largest absolute Gasteiger partial charge is 0.348 e. The van der Waals surface area contributed by atoms with Gasteiger partial charge in [-0.25, -0.2) is 0 Å². The first-order valence-electron chi connectivity index (χ1n) is 7.69. The molecule has 1 aromatic carbocycles. The molecule has 4 nitrogen and oxygen atoms in total. The highest BCUT2D eigenvalue weighted by molar-refractivity contribution is 6.03. The molecule has 0 N–H and O–H groups in total. The van der Waals surface area contributed by atoms with E-state index in [4.69, 9.17) is 0 Å². The lowest BCUT2D eigenvalue weighted by Crippen LogP contribution is -2.49. The Morgan fingerprint density at radius 1 is 1.00 bits per heavy atom. The highest BCUT2D eigenvalue weighted by atomic mass is 16.2. The predicted octanol–water partition coefficient (Wildman–Crippen LogP) is 2.57. The Balaban J connectivity index is 2.86. The number of nitrogens with zero attached hydrogens (tertiary/aromatic N) is 2. The van der Waals surface area contributed by atoms with Crippen LogP contribution in [-0.2, 0) is 4.79 Å². The standard InChI is InChI=1S/C18H26N2O2/c1-9-10(2)12(4)15-14(11(9)3)16(17(21)19(6)7)13(5)20(8)18(15)22/h13,16H,1-8H3. The van der Waals surface area contributed by atoms with E-state index in [9.17, 15) is 9.59 Å². The number of fused-ring (bicyclic) bond motifs is 1. The number of benzene rings is 1. The molecule has 4 heteroatoms. The fraction of sp³-hybridized carbons (Fsp3) is 0.556. The first kappa shape index (κ1) is 16.5. The molecule has 2 amide bonds. The Morgan fingerprint density at radius 3 is 2.00 bits per heavy atom. The Kier molecular flexibility index (Phi) is 4.07. The SMILES string of the molecule is Cc1c(C)c(C)c2c(c1C)C(=O)N(C)C(C)C2C(=O)N(C)C. The topological polar surface area (TPSA) is 40.6 Å². The second-order valence-electron chi connectivity index (χ2n) is 6.66. The van der Waals surface area contributed by atoms with Gasteiger partial charge >= 0.3 is 0 Å². The van der Waals surface area contributed by atoms with E-state index in [1.165, 1.54) is 5.56 Å². The number of carbonyl (C=O) groups excluding carboxylic acids is 2. The highest BCUT2D eigenvalue weighted by Crippen LogP contribution is 2.40. The van der Waals surface area contributed by atoms with Gasteiger partial charge < -0.3 is 9.80 Å². The van der Waals surface area contributed by atoms with E-state index < -0.39 is 0 Å². The first-order chi connectivity index (χ1) is 10.1. The van der Waals surface area contributed by atoms with Gasteiger partial charge in [0.2, 0.25) is 5.91 Å². The number of carbonyl (C=O) groups is 2. The molecule has 2 unspecified atom stereocenters. The lowest BCUT2D eigenvalue weighted by atomic mass is 9.76. The van der Waals surface area contributed by atoms with Gasteiger partial charge in [0.1, 0.15) is 0 Å². The van der Waals surface area contributed by atoms with E-state index in [1.807, 2.05) is 27.7 Å². The van der Waals surface area contributed by atoms with Crippen LogP contribution in [0.2, 0.25) is 0 Å². The van der Waals surface area contributed by atoms with E-state index in [1.54, 1.807) is 30.9 Å². The van der Waals surface area contributed by atoms with Gasteiger partial charge in [0.25, 0.3) is 5.91 Å². The summed E-state index contributed by atoms with van der Waals surface area (Å²) in [6.07, 6.45) is 0. The summed E-state index contributed by atoms with van der Waals surface area (Å²) in [6, 6.07) is -0.143. The Morgan fingerprint density at radius 2 is 1.50 bits per heavy atom. The molecule has 0 saturated heterocycles. The molecule has 0 fully saturated rings. The molecule has 1 aromatic rings. The van der Waals surface area contributed by atoms with Gasteiger partial charge in [-0.1, -0.05) is 0 Å². The van der Waals surface area contributed by atoms with Gasteiger partial charge in [0, 0.05) is 32.7 Å². The van der Waals surface area contributed by atoms with Gasteiger partial charge in [-0.05, 0) is 62.4 Å². The van der Waals surface area contributed by atoms with Crippen molar-refractivity contribution in [2.24, 2.45) is 0 Å². The molecule has 0 aromatic heterocycles. The van der Waals surface area contributed by atoms with E-state index in [0.717, 1.165) is 27.8 Å². The maximum atomic E-state index is 12.8. The van der Waals surface area contributed by atoms with Crippen LogP contribution in [0.15, 0.2) is 0 Å². The van der Waals surface area contributed by atoms with Crippen LogP contribution in [0, 0.1) is 27.7 Å². The first-order valence-corrected chi connectivity index (χ1v) is 7.69. The van der Waals surface area contributed by atoms with Crippen molar-refractivity contribution in [3.05, 3.63) is 33.4 Å². The Hall–Kier alpha value is -1.84. The summed E-state index contributed by atoms with van der Waals surface area (Å²) in [7, 11) is 5.33. The number of amides is 2. The second-order valence-corrected chi connectivity index (χ2v) is 6.66. The lowest BCUT2D eigenvalue weighted by molar-refractivity contribution is -0.131. The zero-order chi connectivity index (χ0) is 16.9. The quantitative estimate of drug-likeness (QED) is 0.800. The molecule has 0 radical (unpaired) electrons. The molecule has 0 aliphatic carbocycles. The number of hydrogen-bond acceptors (Lipinski definition) is 2. The van der Waals surface area contributed by atoms with Gasteiger partial charge in [-0.15, -0.1) is 0 Å². The lowest BCUT2D eigenvalue weighted by Gasteiger charge is -2.40. The molecular formula is C18H26N2O2. The molecule has 0 spiro atoms. The molecule has 2 atom stereocenters. The van der Waals surface area contributed by atoms with Crippen molar-refractivity contribution < 1.29 is 9.59 Å². The van der Waals surface area contributed by atoms with Crippen molar-refractivity contribution in [3.63, 3.8) is 0 Å². The summed E-state index contributed by atoms with van der Waals surface area (Å²) in [5.41, 5.74) is 6.04. The molecule has 1 aliphatic rings. The molecule has 1 aliphatic heterocycles. The van der Waals surface area contributed by atoms with Crippen molar-refractivity contribution >= 4 is 11.8 Å². The smallest absolute Gasteiger partial charge is 0.254 e. The fourth-order valence-electron chi connectivity index (χ4n) is 3.44. The molecule has 120 valence electrons. The van der Waals surface area contributed by atoms with Crippen LogP contribution in [0.4, 0.5) is 0 Å². The minimum absolute atomic E-state index is 0.0222. The van der Waals surface area contributed by atoms with Crippen molar-refractivity contribution in [3.8, 4) is 0 Å². The number of likely N-dealkylation sites (N-methyl/N-ethyl adjacent to an activating group) is 2. The highest BCUT2D eigenvalue weighted by Gasteiger charge is 2.42. The summed E-state index contributed by atoms with van der Waals surface area (Å²) in [6.45, 7) is 10.1. The van der Waals surface area contributed by atoms with E-state index >= 15 is 0 Å². The molecule has 22 heavy (non-hydrogen) atoms. The molecule has 0 saturated carbocycles.